The van der Waals surface area contributed by atoms with Gasteiger partial charge in [0.1, 0.15) is 0 Å². The maximum absolute atomic E-state index is 6.89. The molecule has 0 spiro atoms. The van der Waals surface area contributed by atoms with E-state index >= 15 is 0 Å². The average molecular weight is 88.1 g/mol. The summed E-state index contributed by atoms with van der Waals surface area (Å²) in [6.45, 7) is 0. The van der Waals surface area contributed by atoms with Gasteiger partial charge in [-0.3, -0.25) is 4.98 Å². The molecule has 1 nitrogen and oxygen atoms in total. The zero-order valence-electron chi connectivity index (χ0n) is 5.36. The normalized spacial score (nSPS) is 16.4. The summed E-state index contributed by atoms with van der Waals surface area (Å²) in [6.07, 6.45) is -0.0972. The third-order valence-electron chi connectivity index (χ3n) is 0.244. The lowest BCUT2D eigenvalue weighted by molar-refractivity contribution is 1.43. The van der Waals surface area contributed by atoms with Crippen molar-refractivity contribution in [2.75, 3.05) is 0 Å². The summed E-state index contributed by atoms with van der Waals surface area (Å²) in [6, 6.07) is 0. The summed E-state index contributed by atoms with van der Waals surface area (Å²) in [7, 11) is 0. The molecule has 2 heteroatoms. The van der Waals surface area contributed by atoms with Gasteiger partial charge in [0.2, 0.25) is 0 Å². The minimum Gasteiger partial charge on any atom is -0.253 e. The highest BCUT2D eigenvalue weighted by atomic mass is 32.1. The largest absolute Gasteiger partial charge is 0.253 e. The highest BCUT2D eigenvalue weighted by molar-refractivity contribution is 7.07. The lowest BCUT2D eigenvalue weighted by Gasteiger charge is -1.41. The van der Waals surface area contributed by atoms with Crippen LogP contribution in [-0.4, -0.2) is 4.98 Å². The van der Waals surface area contributed by atoms with Crippen molar-refractivity contribution in [3.05, 3.63) is 17.0 Å². The molecule has 1 rings (SSSR count). The Hall–Kier alpha value is -0.370. The van der Waals surface area contributed by atoms with Gasteiger partial charge in [-0.15, -0.1) is 11.3 Å². The Morgan fingerprint density at radius 3 is 3.20 bits per heavy atom. The minimum absolute atomic E-state index is 0.0417. The van der Waals surface area contributed by atoms with E-state index in [4.69, 9.17) is 4.11 Å². The molecule has 0 aliphatic heterocycles. The van der Waals surface area contributed by atoms with Crippen LogP contribution in [0.1, 0.15) is 4.11 Å². The quantitative estimate of drug-likeness (QED) is 0.463. The van der Waals surface area contributed by atoms with Crippen LogP contribution in [0.15, 0.2) is 17.0 Å². The van der Waals surface area contributed by atoms with E-state index in [0.717, 1.165) is 11.3 Å². The lowest BCUT2D eigenvalue weighted by atomic mass is 11.0. The molecular weight excluding hydrogens is 82.1 g/mol. The van der Waals surface area contributed by atoms with Crippen molar-refractivity contribution in [3.8, 4) is 0 Å². The predicted molar refractivity (Wildman–Crippen MR) is 22.1 cm³/mol. The standard InChI is InChI=1S/C3H3NS/c1-2-5-3-4-1/h1-3H/i1D,2D,3D. The van der Waals surface area contributed by atoms with Crippen molar-refractivity contribution in [3.63, 3.8) is 0 Å². The summed E-state index contributed by atoms with van der Waals surface area (Å²) in [5, 5.41) is 0.0648. The van der Waals surface area contributed by atoms with E-state index < -0.39 is 0 Å². The molecule has 0 saturated heterocycles. The first-order valence-corrected chi connectivity index (χ1v) is 1.92. The summed E-state index contributed by atoms with van der Waals surface area (Å²) in [5.74, 6) is 0. The first kappa shape index (κ1) is 1.05. The molecule has 0 amide bonds. The Kier molecular flexibility index (Phi) is 0.245. The van der Waals surface area contributed by atoms with E-state index in [-0.39, 0.29) is 17.0 Å². The number of hydrogen-bond donors (Lipinski definition) is 0. The minimum atomic E-state index is -0.0972. The van der Waals surface area contributed by atoms with Crippen LogP contribution >= 0.6 is 11.3 Å². The van der Waals surface area contributed by atoms with Gasteiger partial charge in [-0.25, -0.2) is 0 Å². The van der Waals surface area contributed by atoms with Gasteiger partial charge in [0.15, 0.2) is 0 Å². The van der Waals surface area contributed by atoms with Crippen LogP contribution in [-0.2, 0) is 0 Å². The van der Waals surface area contributed by atoms with Crippen molar-refractivity contribution in [1.29, 1.82) is 0 Å². The van der Waals surface area contributed by atoms with E-state index in [9.17, 15) is 0 Å². The van der Waals surface area contributed by atoms with E-state index in [1.54, 1.807) is 0 Å². The molecule has 0 radical (unpaired) electrons. The van der Waals surface area contributed by atoms with Gasteiger partial charge >= 0.3 is 0 Å². The number of nitrogens with zero attached hydrogens (tertiary/aromatic N) is 1. The molecule has 0 aliphatic carbocycles. The number of hydrogen-bond acceptors (Lipinski definition) is 2. The van der Waals surface area contributed by atoms with Crippen LogP contribution in [0.3, 0.4) is 0 Å². The topological polar surface area (TPSA) is 12.9 Å². The second-order valence-electron chi connectivity index (χ2n) is 0.519. The molecule has 1 aromatic heterocycles. The van der Waals surface area contributed by atoms with Crippen molar-refractivity contribution in [2.45, 2.75) is 0 Å². The van der Waals surface area contributed by atoms with Gasteiger partial charge in [-0.05, 0) is 0 Å². The molecule has 1 aromatic rings. The van der Waals surface area contributed by atoms with Gasteiger partial charge in [0.25, 0.3) is 0 Å². The zero-order chi connectivity index (χ0) is 6.15. The van der Waals surface area contributed by atoms with Crippen molar-refractivity contribution in [2.24, 2.45) is 0 Å². The molecule has 0 aliphatic rings. The van der Waals surface area contributed by atoms with Crippen LogP contribution in [0, 0.1) is 0 Å². The first-order chi connectivity index (χ1) is 3.70. The van der Waals surface area contributed by atoms with Gasteiger partial charge in [0, 0.05) is 11.5 Å². The van der Waals surface area contributed by atoms with Crippen molar-refractivity contribution in [1.82, 2.24) is 4.98 Å². The molecule has 5 heavy (non-hydrogen) atoms. The van der Waals surface area contributed by atoms with Crippen LogP contribution in [0.2, 0.25) is 0 Å². The Labute approximate surface area is 38.5 Å². The molecular formula is C3H3NS. The summed E-state index contributed by atoms with van der Waals surface area (Å²) < 4.78 is 20.5. The van der Waals surface area contributed by atoms with Crippen LogP contribution in [0.4, 0.5) is 0 Å². The Morgan fingerprint density at radius 1 is 2.00 bits per heavy atom. The molecule has 0 fully saturated rings. The first-order valence-electron chi connectivity index (χ1n) is 2.61. The monoisotopic (exact) mass is 88.0 g/mol. The van der Waals surface area contributed by atoms with Gasteiger partial charge < -0.3 is 0 Å². The smallest absolute Gasteiger partial charge is 0.0960 e. The average Bonchev–Trinajstić information content (AvgIpc) is 1.85. The Balaban J connectivity index is 3.14. The summed E-state index contributed by atoms with van der Waals surface area (Å²) >= 11 is 0.904. The van der Waals surface area contributed by atoms with E-state index in [0.29, 0.717) is 0 Å². The molecule has 0 saturated carbocycles. The molecule has 0 N–H and O–H groups in total. The molecule has 0 aromatic carbocycles. The van der Waals surface area contributed by atoms with Gasteiger partial charge in [0.05, 0.1) is 9.60 Å². The van der Waals surface area contributed by atoms with Crippen molar-refractivity contribution < 1.29 is 4.11 Å². The zero-order valence-corrected chi connectivity index (χ0v) is 3.17. The fourth-order valence-electron chi connectivity index (χ4n) is 0.114. The Bertz CT molecular complexity index is 177. The number of thiazole rings is 1. The summed E-state index contributed by atoms with van der Waals surface area (Å²) in [5.41, 5.74) is 0.0417. The lowest BCUT2D eigenvalue weighted by Crippen LogP contribution is -1.38. The highest BCUT2D eigenvalue weighted by Gasteiger charge is 1.59. The van der Waals surface area contributed by atoms with Crippen LogP contribution in [0.5, 0.6) is 0 Å². The Morgan fingerprint density at radius 2 is 3.00 bits per heavy atom. The fourth-order valence-corrected chi connectivity index (χ4v) is 0.342. The third kappa shape index (κ3) is 0.450. The highest BCUT2D eigenvalue weighted by Crippen LogP contribution is 1.85. The fraction of sp³-hybridized carbons (Fsp3) is 0. The van der Waals surface area contributed by atoms with Gasteiger partial charge in [-0.2, -0.15) is 0 Å². The molecule has 0 atom stereocenters. The second-order valence-corrected chi connectivity index (χ2v) is 1.11. The maximum atomic E-state index is 6.89. The molecule has 1 heterocycles. The molecule has 0 bridgehead atoms. The molecule has 26 valence electrons. The number of aromatic nitrogens is 1. The number of rotatable bonds is 0. The molecule has 0 unspecified atom stereocenters. The SMILES string of the molecule is [2H]c1nc([2H])c([2H])s1. The van der Waals surface area contributed by atoms with Gasteiger partial charge in [-0.1, -0.05) is 0 Å². The van der Waals surface area contributed by atoms with Crippen LogP contribution in [0.25, 0.3) is 0 Å². The van der Waals surface area contributed by atoms with E-state index in [2.05, 4.69) is 4.98 Å². The van der Waals surface area contributed by atoms with E-state index in [1.807, 2.05) is 0 Å². The summed E-state index contributed by atoms with van der Waals surface area (Å²) in [4.78, 5) is 3.38. The maximum Gasteiger partial charge on any atom is 0.0960 e. The van der Waals surface area contributed by atoms with Crippen molar-refractivity contribution >= 4 is 11.3 Å². The third-order valence-corrected chi connectivity index (χ3v) is 0.620. The van der Waals surface area contributed by atoms with E-state index in [1.165, 1.54) is 0 Å². The second kappa shape index (κ2) is 1.17. The predicted octanol–water partition coefficient (Wildman–Crippen LogP) is 1.14. The van der Waals surface area contributed by atoms with Crippen LogP contribution < -0.4 is 0 Å².